The summed E-state index contributed by atoms with van der Waals surface area (Å²) in [6.07, 6.45) is -7.45. The van der Waals surface area contributed by atoms with Gasteiger partial charge in [-0.3, -0.25) is 4.79 Å². The van der Waals surface area contributed by atoms with Crippen molar-refractivity contribution >= 4 is 11.9 Å². The molecule has 0 aliphatic rings. The van der Waals surface area contributed by atoms with Crippen molar-refractivity contribution in [2.45, 2.75) is 24.7 Å². The van der Waals surface area contributed by atoms with Gasteiger partial charge in [0.25, 0.3) is 0 Å². The highest BCUT2D eigenvalue weighted by molar-refractivity contribution is 5.73. The maximum absolute atomic E-state index is 14.3. The fraction of sp³-hybridized carbons (Fsp3) is 0.148. The maximum atomic E-state index is 14.3. The van der Waals surface area contributed by atoms with Gasteiger partial charge in [-0.2, -0.15) is 18.2 Å². The van der Waals surface area contributed by atoms with Gasteiger partial charge in [-0.05, 0) is 35.2 Å². The predicted octanol–water partition coefficient (Wildman–Crippen LogP) is 5.31. The second-order valence-corrected chi connectivity index (χ2v) is 8.58. The quantitative estimate of drug-likeness (QED) is 0.257. The number of nitrogens with zero attached hydrogens (tertiary/aromatic N) is 2. The van der Waals surface area contributed by atoms with E-state index in [0.717, 1.165) is 24.3 Å². The third kappa shape index (κ3) is 6.65. The molecule has 202 valence electrons. The fourth-order valence-electron chi connectivity index (χ4n) is 3.93. The van der Waals surface area contributed by atoms with Crippen molar-refractivity contribution in [3.8, 4) is 28.3 Å². The summed E-state index contributed by atoms with van der Waals surface area (Å²) in [6, 6.07) is 14.1. The molecule has 1 unspecified atom stereocenters. The number of carboxylic acid groups (broad SMARTS) is 1. The van der Waals surface area contributed by atoms with E-state index in [1.807, 2.05) is 0 Å². The van der Waals surface area contributed by atoms with Crippen LogP contribution >= 0.6 is 0 Å². The normalized spacial score (nSPS) is 13.1. The second kappa shape index (κ2) is 11.0. The topological polar surface area (TPSA) is 124 Å². The summed E-state index contributed by atoms with van der Waals surface area (Å²) in [5.41, 5.74) is 11.9. The van der Waals surface area contributed by atoms with Gasteiger partial charge >= 0.3 is 12.1 Å². The third-order valence-corrected chi connectivity index (χ3v) is 5.70. The number of nitrogen functional groups attached to an aromatic ring is 1. The molecule has 4 rings (SSSR count). The number of anilines is 1. The van der Waals surface area contributed by atoms with E-state index in [-0.39, 0.29) is 29.2 Å². The predicted molar refractivity (Wildman–Crippen MR) is 132 cm³/mol. The van der Waals surface area contributed by atoms with Gasteiger partial charge in [0.2, 0.25) is 17.9 Å². The van der Waals surface area contributed by atoms with Crippen LogP contribution in [0.25, 0.3) is 22.4 Å². The zero-order chi connectivity index (χ0) is 28.3. The van der Waals surface area contributed by atoms with E-state index < -0.39 is 47.4 Å². The molecule has 0 saturated heterocycles. The highest BCUT2D eigenvalue weighted by Crippen LogP contribution is 2.41. The van der Waals surface area contributed by atoms with Crippen LogP contribution in [0.4, 0.5) is 27.9 Å². The lowest BCUT2D eigenvalue weighted by Crippen LogP contribution is -2.32. The monoisotopic (exact) mass is 544 g/mol. The van der Waals surface area contributed by atoms with Crippen LogP contribution in [0.5, 0.6) is 5.88 Å². The minimum atomic E-state index is -4.95. The highest BCUT2D eigenvalue weighted by Gasteiger charge is 2.44. The van der Waals surface area contributed by atoms with Gasteiger partial charge in [0.15, 0.2) is 0 Å². The number of hydrogen-bond acceptors (Lipinski definition) is 6. The Morgan fingerprint density at radius 2 is 1.56 bits per heavy atom. The number of halogens is 5. The summed E-state index contributed by atoms with van der Waals surface area (Å²) in [5.74, 6) is -3.91. The first-order valence-corrected chi connectivity index (χ1v) is 11.4. The number of alkyl halides is 3. The van der Waals surface area contributed by atoms with Crippen LogP contribution < -0.4 is 16.2 Å². The smallest absolute Gasteiger partial charge is 0.429 e. The molecule has 4 aromatic rings. The van der Waals surface area contributed by atoms with Crippen LogP contribution in [0.1, 0.15) is 17.2 Å². The Labute approximate surface area is 218 Å². The van der Waals surface area contributed by atoms with Crippen molar-refractivity contribution in [2.75, 3.05) is 5.73 Å². The number of ether oxygens (including phenoxy) is 1. The standard InChI is InChI=1S/C27H21F5N4O3/c28-17-10-16(11-18(29)12-17)19-3-1-2-4-20(19)24(27(30,31)32)39-23-13-22(35-26(34)36-23)15-7-5-14(6-8-15)9-21(33)25(37)38/h1-8,10-13,21,24H,9,33H2,(H,37,38)(H2,34,35,36)/t21-,24?/m0/s1. The molecular formula is C27H21F5N4O3. The number of aliphatic carboxylic acids is 1. The average Bonchev–Trinajstić information content (AvgIpc) is 2.86. The number of aromatic nitrogens is 2. The molecular weight excluding hydrogens is 523 g/mol. The van der Waals surface area contributed by atoms with E-state index in [1.54, 1.807) is 24.3 Å². The zero-order valence-electron chi connectivity index (χ0n) is 20.0. The Hall–Kier alpha value is -4.58. The van der Waals surface area contributed by atoms with Crippen molar-refractivity contribution in [1.82, 2.24) is 9.97 Å². The maximum Gasteiger partial charge on any atom is 0.429 e. The number of rotatable bonds is 8. The summed E-state index contributed by atoms with van der Waals surface area (Å²) in [7, 11) is 0. The van der Waals surface area contributed by atoms with Crippen molar-refractivity contribution in [3.63, 3.8) is 0 Å². The van der Waals surface area contributed by atoms with Gasteiger partial charge in [0.05, 0.1) is 5.69 Å². The number of carboxylic acids is 1. The van der Waals surface area contributed by atoms with Crippen molar-refractivity contribution < 1.29 is 36.6 Å². The van der Waals surface area contributed by atoms with Crippen molar-refractivity contribution in [1.29, 1.82) is 0 Å². The number of nitrogens with two attached hydrogens (primary N) is 2. The molecule has 0 amide bonds. The molecule has 0 aliphatic carbocycles. The van der Waals surface area contributed by atoms with Crippen molar-refractivity contribution in [3.05, 3.63) is 95.6 Å². The van der Waals surface area contributed by atoms with Gasteiger partial charge in [-0.25, -0.2) is 13.8 Å². The van der Waals surface area contributed by atoms with E-state index >= 15 is 0 Å². The largest absolute Gasteiger partial charge is 0.480 e. The zero-order valence-corrected chi connectivity index (χ0v) is 20.0. The van der Waals surface area contributed by atoms with Gasteiger partial charge in [-0.1, -0.05) is 48.5 Å². The first-order chi connectivity index (χ1) is 18.4. The van der Waals surface area contributed by atoms with E-state index in [1.165, 1.54) is 18.2 Å². The first-order valence-electron chi connectivity index (χ1n) is 11.4. The molecule has 0 saturated carbocycles. The Bertz CT molecular complexity index is 1480. The lowest BCUT2D eigenvalue weighted by atomic mass is 9.95. The summed E-state index contributed by atoms with van der Waals surface area (Å²) in [6.45, 7) is 0. The van der Waals surface area contributed by atoms with E-state index in [2.05, 4.69) is 9.97 Å². The molecule has 0 spiro atoms. The SMILES string of the molecule is Nc1nc(OC(c2ccccc2-c2cc(F)cc(F)c2)C(F)(F)F)cc(-c2ccc(C[C@H](N)C(=O)O)cc2)n1. The molecule has 7 nitrogen and oxygen atoms in total. The molecule has 2 atom stereocenters. The molecule has 3 aromatic carbocycles. The molecule has 0 radical (unpaired) electrons. The number of benzene rings is 3. The van der Waals surface area contributed by atoms with E-state index in [9.17, 15) is 26.7 Å². The Morgan fingerprint density at radius 1 is 0.923 bits per heavy atom. The Morgan fingerprint density at radius 3 is 2.18 bits per heavy atom. The van der Waals surface area contributed by atoms with Gasteiger partial charge in [0.1, 0.15) is 17.7 Å². The summed E-state index contributed by atoms with van der Waals surface area (Å²) in [5, 5.41) is 8.97. The van der Waals surface area contributed by atoms with Crippen LogP contribution in [-0.4, -0.2) is 33.3 Å². The number of carbonyl (C=O) groups is 1. The second-order valence-electron chi connectivity index (χ2n) is 8.58. The Balaban J connectivity index is 1.69. The molecule has 1 aromatic heterocycles. The summed E-state index contributed by atoms with van der Waals surface area (Å²) in [4.78, 5) is 18.8. The Kier molecular flexibility index (Phi) is 7.77. The van der Waals surface area contributed by atoms with E-state index in [0.29, 0.717) is 17.2 Å². The first kappa shape index (κ1) is 27.5. The van der Waals surface area contributed by atoms with Crippen LogP contribution in [0.2, 0.25) is 0 Å². The third-order valence-electron chi connectivity index (χ3n) is 5.70. The number of hydrogen-bond donors (Lipinski definition) is 3. The van der Waals surface area contributed by atoms with Gasteiger partial charge in [0, 0.05) is 23.3 Å². The minimum absolute atomic E-state index is 0.0672. The average molecular weight is 544 g/mol. The molecule has 12 heteroatoms. The molecule has 39 heavy (non-hydrogen) atoms. The lowest BCUT2D eigenvalue weighted by Gasteiger charge is -2.24. The highest BCUT2D eigenvalue weighted by atomic mass is 19.4. The molecule has 5 N–H and O–H groups in total. The van der Waals surface area contributed by atoms with Crippen molar-refractivity contribution in [2.24, 2.45) is 5.73 Å². The van der Waals surface area contributed by atoms with Gasteiger partial charge < -0.3 is 21.3 Å². The molecule has 0 fully saturated rings. The lowest BCUT2D eigenvalue weighted by molar-refractivity contribution is -0.198. The van der Waals surface area contributed by atoms with E-state index in [4.69, 9.17) is 21.3 Å². The molecule has 1 heterocycles. The summed E-state index contributed by atoms with van der Waals surface area (Å²) < 4.78 is 75.8. The molecule has 0 bridgehead atoms. The van der Waals surface area contributed by atoms with Crippen LogP contribution in [0.15, 0.2) is 72.8 Å². The van der Waals surface area contributed by atoms with Gasteiger partial charge in [-0.15, -0.1) is 0 Å². The fourth-order valence-corrected chi connectivity index (χ4v) is 3.93. The van der Waals surface area contributed by atoms with Crippen LogP contribution in [0.3, 0.4) is 0 Å². The minimum Gasteiger partial charge on any atom is -0.480 e. The van der Waals surface area contributed by atoms with Crippen LogP contribution in [-0.2, 0) is 11.2 Å². The summed E-state index contributed by atoms with van der Waals surface area (Å²) >= 11 is 0. The molecule has 0 aliphatic heterocycles. The van der Waals surface area contributed by atoms with Crippen LogP contribution in [0, 0.1) is 11.6 Å².